The Kier molecular flexibility index (Phi) is 8.79. The molecule has 1 amide bonds. The first-order valence-electron chi connectivity index (χ1n) is 14.3. The van der Waals surface area contributed by atoms with Gasteiger partial charge < -0.3 is 34.7 Å². The molecule has 236 valence electrons. The van der Waals surface area contributed by atoms with E-state index >= 15 is 0 Å². The van der Waals surface area contributed by atoms with Crippen LogP contribution in [-0.2, 0) is 19.5 Å². The number of H-pyrrole nitrogens is 1. The van der Waals surface area contributed by atoms with Gasteiger partial charge in [0.15, 0.2) is 0 Å². The Morgan fingerprint density at radius 3 is 2.76 bits per heavy atom. The largest absolute Gasteiger partial charge is 0.455 e. The van der Waals surface area contributed by atoms with E-state index in [9.17, 15) is 23.3 Å². The summed E-state index contributed by atoms with van der Waals surface area (Å²) < 4.78 is 45.7. The van der Waals surface area contributed by atoms with Gasteiger partial charge in [-0.25, -0.2) is 18.1 Å². The van der Waals surface area contributed by atoms with Crippen molar-refractivity contribution in [3.63, 3.8) is 0 Å². The summed E-state index contributed by atoms with van der Waals surface area (Å²) in [5.41, 5.74) is 1.04. The van der Waals surface area contributed by atoms with E-state index in [2.05, 4.69) is 25.5 Å². The first-order valence-corrected chi connectivity index (χ1v) is 15.7. The van der Waals surface area contributed by atoms with E-state index in [1.54, 1.807) is 24.4 Å². The summed E-state index contributed by atoms with van der Waals surface area (Å²) in [6, 6.07) is 11.8. The number of carbonyl (C=O) groups is 1. The maximum Gasteiger partial charge on any atom is 0.293 e. The summed E-state index contributed by atoms with van der Waals surface area (Å²) in [6.07, 6.45) is 2.93. The first-order chi connectivity index (χ1) is 21.8. The van der Waals surface area contributed by atoms with E-state index in [4.69, 9.17) is 14.2 Å². The highest BCUT2D eigenvalue weighted by Crippen LogP contribution is 2.32. The smallest absolute Gasteiger partial charge is 0.293 e. The number of anilines is 2. The molecule has 4 heterocycles. The second kappa shape index (κ2) is 13.1. The molecule has 4 N–H and O–H groups in total. The minimum absolute atomic E-state index is 0.0471. The molecule has 15 nitrogen and oxygen atoms in total. The minimum atomic E-state index is -4.52. The van der Waals surface area contributed by atoms with E-state index in [-0.39, 0.29) is 29.6 Å². The molecule has 2 aromatic heterocycles. The Labute approximate surface area is 258 Å². The fourth-order valence-electron chi connectivity index (χ4n) is 5.10. The Hall–Kier alpha value is -4.77. The lowest BCUT2D eigenvalue weighted by atomic mass is 10.1. The predicted octanol–water partition coefficient (Wildman–Crippen LogP) is 2.62. The molecule has 0 saturated carbocycles. The van der Waals surface area contributed by atoms with Gasteiger partial charge in [0.25, 0.3) is 21.6 Å². The zero-order valence-corrected chi connectivity index (χ0v) is 24.8. The van der Waals surface area contributed by atoms with Gasteiger partial charge in [-0.3, -0.25) is 14.9 Å². The van der Waals surface area contributed by atoms with Crippen molar-refractivity contribution >= 4 is 44.0 Å². The number of sulfonamides is 1. The number of aromatic amines is 1. The van der Waals surface area contributed by atoms with Crippen molar-refractivity contribution in [3.8, 4) is 11.5 Å². The van der Waals surface area contributed by atoms with E-state index in [1.165, 1.54) is 24.4 Å². The number of piperazine rings is 1. The second-order valence-electron chi connectivity index (χ2n) is 10.4. The minimum Gasteiger partial charge on any atom is -0.455 e. The number of hydrogen-bond donors (Lipinski definition) is 4. The summed E-state index contributed by atoms with van der Waals surface area (Å²) in [7, 11) is -4.52. The molecule has 0 bridgehead atoms. The molecule has 2 aromatic carbocycles. The lowest BCUT2D eigenvalue weighted by Crippen LogP contribution is -2.43. The predicted molar refractivity (Wildman–Crippen MR) is 164 cm³/mol. The van der Waals surface area contributed by atoms with Crippen molar-refractivity contribution in [1.82, 2.24) is 20.0 Å². The fraction of sp³-hybridized carbons (Fsp3) is 0.310. The van der Waals surface area contributed by atoms with Crippen LogP contribution in [0.4, 0.5) is 17.1 Å². The topological polar surface area (TPSA) is 190 Å². The number of nitrogens with one attached hydrogen (secondary N) is 4. The highest BCUT2D eigenvalue weighted by Gasteiger charge is 2.27. The Morgan fingerprint density at radius 2 is 1.98 bits per heavy atom. The summed E-state index contributed by atoms with van der Waals surface area (Å²) in [5, 5.41) is 18.8. The number of ether oxygens (including phenoxy) is 3. The lowest BCUT2D eigenvalue weighted by Gasteiger charge is -2.30. The number of nitro groups is 1. The van der Waals surface area contributed by atoms with Crippen LogP contribution >= 0.6 is 0 Å². The van der Waals surface area contributed by atoms with E-state index in [0.717, 1.165) is 43.3 Å². The van der Waals surface area contributed by atoms with Gasteiger partial charge in [-0.1, -0.05) is 0 Å². The number of aromatic nitrogens is 2. The van der Waals surface area contributed by atoms with Gasteiger partial charge in [-0.05, 0) is 36.4 Å². The first kappa shape index (κ1) is 30.3. The monoisotopic (exact) mass is 637 g/mol. The van der Waals surface area contributed by atoms with Gasteiger partial charge in [0.1, 0.15) is 22.8 Å². The molecule has 2 saturated heterocycles. The van der Waals surface area contributed by atoms with Gasteiger partial charge in [0.05, 0.1) is 47.5 Å². The van der Waals surface area contributed by atoms with Crippen LogP contribution in [0.3, 0.4) is 0 Å². The average Bonchev–Trinajstić information content (AvgIpc) is 3.52. The van der Waals surface area contributed by atoms with E-state index in [1.807, 2.05) is 10.8 Å². The molecule has 6 rings (SSSR count). The summed E-state index contributed by atoms with van der Waals surface area (Å²) in [6.45, 7) is 4.49. The van der Waals surface area contributed by atoms with Crippen molar-refractivity contribution in [1.29, 1.82) is 0 Å². The standard InChI is InChI=1S/C29H31N7O8S/c37-29(34-45(40,41)23-2-4-25(26(15-23)36(38)39)32-17-22-18-42-11-12-43-22)24-3-1-20(35-9-7-30-8-10-35)14-27(24)44-21-13-19-5-6-31-28(19)33-16-21/h1-6,13-16,22,30,32H,7-12,17-18H2,(H,31,33)(H,34,37)/t22-/m1/s1. The normalized spacial score (nSPS) is 17.2. The fourth-order valence-corrected chi connectivity index (χ4v) is 6.08. The molecule has 2 fully saturated rings. The molecular formula is C29H31N7O8S. The molecule has 0 unspecified atom stereocenters. The summed E-state index contributed by atoms with van der Waals surface area (Å²) in [5.74, 6) is -0.498. The molecule has 0 spiro atoms. The summed E-state index contributed by atoms with van der Waals surface area (Å²) >= 11 is 0. The van der Waals surface area contributed by atoms with Gasteiger partial charge in [-0.15, -0.1) is 0 Å². The number of benzene rings is 2. The van der Waals surface area contributed by atoms with Crippen molar-refractivity contribution in [2.75, 3.05) is 62.8 Å². The van der Waals surface area contributed by atoms with Crippen LogP contribution in [0.5, 0.6) is 11.5 Å². The van der Waals surface area contributed by atoms with Crippen molar-refractivity contribution < 1.29 is 32.3 Å². The third kappa shape index (κ3) is 6.99. The van der Waals surface area contributed by atoms with Crippen LogP contribution in [0.2, 0.25) is 0 Å². The Balaban J connectivity index is 1.25. The van der Waals surface area contributed by atoms with Crippen LogP contribution in [-0.4, -0.2) is 87.9 Å². The molecule has 0 radical (unpaired) electrons. The zero-order chi connectivity index (χ0) is 31.4. The van der Waals surface area contributed by atoms with Gasteiger partial charge in [0, 0.05) is 62.1 Å². The van der Waals surface area contributed by atoms with Crippen LogP contribution < -0.4 is 25.0 Å². The number of rotatable bonds is 10. The zero-order valence-electron chi connectivity index (χ0n) is 24.0. The third-order valence-electron chi connectivity index (χ3n) is 7.40. The number of pyridine rings is 1. The maximum absolute atomic E-state index is 13.5. The second-order valence-corrected chi connectivity index (χ2v) is 12.1. The van der Waals surface area contributed by atoms with Gasteiger partial charge in [0.2, 0.25) is 0 Å². The number of nitro benzene ring substituents is 1. The van der Waals surface area contributed by atoms with Gasteiger partial charge >= 0.3 is 0 Å². The molecule has 16 heteroatoms. The highest BCUT2D eigenvalue weighted by molar-refractivity contribution is 7.90. The van der Waals surface area contributed by atoms with E-state index < -0.39 is 31.4 Å². The summed E-state index contributed by atoms with van der Waals surface area (Å²) in [4.78, 5) is 33.6. The maximum atomic E-state index is 13.5. The van der Waals surface area contributed by atoms with E-state index in [0.29, 0.717) is 31.2 Å². The number of hydrogen-bond acceptors (Lipinski definition) is 12. The van der Waals surface area contributed by atoms with Crippen LogP contribution in [0, 0.1) is 10.1 Å². The molecule has 45 heavy (non-hydrogen) atoms. The number of carbonyl (C=O) groups excluding carboxylic acids is 1. The van der Waals surface area contributed by atoms with Crippen molar-refractivity contribution in [2.24, 2.45) is 0 Å². The third-order valence-corrected chi connectivity index (χ3v) is 8.73. The van der Waals surface area contributed by atoms with Gasteiger partial charge in [-0.2, -0.15) is 0 Å². The molecule has 2 aliphatic rings. The number of nitrogens with zero attached hydrogens (tertiary/aromatic N) is 3. The molecule has 2 aliphatic heterocycles. The Bertz CT molecular complexity index is 1820. The Morgan fingerprint density at radius 1 is 1.13 bits per heavy atom. The quantitative estimate of drug-likeness (QED) is 0.147. The number of fused-ring (bicyclic) bond motifs is 1. The molecule has 0 aliphatic carbocycles. The molecular weight excluding hydrogens is 606 g/mol. The average molecular weight is 638 g/mol. The van der Waals surface area contributed by atoms with Crippen LogP contribution in [0.15, 0.2) is 65.8 Å². The number of amides is 1. The van der Waals surface area contributed by atoms with Crippen LogP contribution in [0.25, 0.3) is 11.0 Å². The SMILES string of the molecule is O=C(NS(=O)(=O)c1ccc(NC[C@@H]2COCCO2)c([N+](=O)[O-])c1)c1ccc(N2CCNCC2)cc1Oc1cnc2[nH]ccc2c1. The highest BCUT2D eigenvalue weighted by atomic mass is 32.2. The van der Waals surface area contributed by atoms with Crippen molar-refractivity contribution in [2.45, 2.75) is 11.0 Å². The lowest BCUT2D eigenvalue weighted by molar-refractivity contribution is -0.384. The molecule has 4 aromatic rings. The van der Waals surface area contributed by atoms with Crippen LogP contribution in [0.1, 0.15) is 10.4 Å². The molecule has 1 atom stereocenters. The van der Waals surface area contributed by atoms with Crippen molar-refractivity contribution in [3.05, 3.63) is 76.6 Å².